The van der Waals surface area contributed by atoms with E-state index in [9.17, 15) is 9.18 Å². The van der Waals surface area contributed by atoms with Crippen LogP contribution in [0.25, 0.3) is 0 Å². The zero-order valence-corrected chi connectivity index (χ0v) is 15.5. The summed E-state index contributed by atoms with van der Waals surface area (Å²) >= 11 is 0. The predicted molar refractivity (Wildman–Crippen MR) is 96.7 cm³/mol. The molecule has 1 heterocycles. The van der Waals surface area contributed by atoms with Crippen LogP contribution in [-0.4, -0.2) is 34.8 Å². The predicted octanol–water partition coefficient (Wildman–Crippen LogP) is 4.31. The zero-order valence-electron chi connectivity index (χ0n) is 15.5. The average Bonchev–Trinajstić information content (AvgIpc) is 3.04. The molecule has 136 valence electrons. The number of amides is 1. The van der Waals surface area contributed by atoms with E-state index < -0.39 is 0 Å². The van der Waals surface area contributed by atoms with Crippen molar-refractivity contribution < 1.29 is 13.6 Å². The van der Waals surface area contributed by atoms with Crippen molar-refractivity contribution in [2.75, 3.05) is 13.1 Å². The summed E-state index contributed by atoms with van der Waals surface area (Å²) < 4.78 is 19.2. The normalized spacial score (nSPS) is 11.3. The van der Waals surface area contributed by atoms with Crippen LogP contribution in [0.4, 0.5) is 4.39 Å². The molecule has 0 radical (unpaired) electrons. The van der Waals surface area contributed by atoms with Gasteiger partial charge in [-0.1, -0.05) is 12.1 Å². The summed E-state index contributed by atoms with van der Waals surface area (Å²) in [5.74, 6) is 0.789. The van der Waals surface area contributed by atoms with Crippen LogP contribution in [0.2, 0.25) is 0 Å². The Morgan fingerprint density at radius 1 is 1.12 bits per heavy atom. The van der Waals surface area contributed by atoms with Crippen molar-refractivity contribution in [3.8, 4) is 0 Å². The molecule has 5 heteroatoms. The highest BCUT2D eigenvalue weighted by atomic mass is 19.1. The topological polar surface area (TPSA) is 36.7 Å². The van der Waals surface area contributed by atoms with Gasteiger partial charge in [-0.05, 0) is 57.5 Å². The summed E-state index contributed by atoms with van der Waals surface area (Å²) in [7, 11) is 0. The summed E-state index contributed by atoms with van der Waals surface area (Å²) in [4.78, 5) is 16.3. The van der Waals surface area contributed by atoms with Gasteiger partial charge in [-0.3, -0.25) is 9.69 Å². The molecule has 0 saturated carbocycles. The molecule has 2 rings (SSSR count). The largest absolute Gasteiger partial charge is 0.455 e. The quantitative estimate of drug-likeness (QED) is 0.715. The third-order valence-electron chi connectivity index (χ3n) is 4.29. The molecule has 0 saturated heterocycles. The lowest BCUT2D eigenvalue weighted by molar-refractivity contribution is 0.0736. The molecular weight excluding hydrogens is 319 g/mol. The number of rotatable bonds is 8. The number of hydrogen-bond donors (Lipinski definition) is 0. The SMILES string of the molecule is CCN(CC)C(=O)c1ccc(CN(Cc2cccc(F)c2)C(C)C)o1. The van der Waals surface area contributed by atoms with Gasteiger partial charge in [0.1, 0.15) is 11.6 Å². The standard InChI is InChI=1S/C20H27FN2O2/c1-5-22(6-2)20(24)19-11-10-18(25-19)14-23(15(3)4)13-16-8-7-9-17(21)12-16/h7-12,15H,5-6,13-14H2,1-4H3. The van der Waals surface area contributed by atoms with E-state index in [-0.39, 0.29) is 17.8 Å². The van der Waals surface area contributed by atoms with Gasteiger partial charge in [0.05, 0.1) is 6.54 Å². The summed E-state index contributed by atoms with van der Waals surface area (Å²) in [6, 6.07) is 10.5. The Labute approximate surface area is 149 Å². The highest BCUT2D eigenvalue weighted by Crippen LogP contribution is 2.17. The molecular formula is C20H27FN2O2. The first kappa shape index (κ1) is 19.2. The molecule has 0 atom stereocenters. The number of carbonyl (C=O) groups excluding carboxylic acids is 1. The summed E-state index contributed by atoms with van der Waals surface area (Å²) in [5.41, 5.74) is 0.916. The van der Waals surface area contributed by atoms with Gasteiger partial charge in [0.2, 0.25) is 0 Å². The van der Waals surface area contributed by atoms with E-state index in [2.05, 4.69) is 18.7 Å². The Bertz CT molecular complexity index is 693. The van der Waals surface area contributed by atoms with Gasteiger partial charge < -0.3 is 9.32 Å². The van der Waals surface area contributed by atoms with Crippen molar-refractivity contribution in [2.24, 2.45) is 0 Å². The van der Waals surface area contributed by atoms with Crippen LogP contribution < -0.4 is 0 Å². The summed E-state index contributed by atoms with van der Waals surface area (Å²) in [5, 5.41) is 0. The van der Waals surface area contributed by atoms with Crippen LogP contribution in [0, 0.1) is 5.82 Å². The van der Waals surface area contributed by atoms with E-state index in [1.54, 1.807) is 23.1 Å². The Kier molecular flexibility index (Phi) is 6.76. The van der Waals surface area contributed by atoms with Crippen LogP contribution in [0.15, 0.2) is 40.8 Å². The van der Waals surface area contributed by atoms with E-state index in [1.165, 1.54) is 6.07 Å². The van der Waals surface area contributed by atoms with Crippen LogP contribution in [0.3, 0.4) is 0 Å². The molecule has 2 aromatic rings. The molecule has 1 amide bonds. The first-order chi connectivity index (χ1) is 11.9. The van der Waals surface area contributed by atoms with Gasteiger partial charge in [-0.2, -0.15) is 0 Å². The smallest absolute Gasteiger partial charge is 0.289 e. The Morgan fingerprint density at radius 3 is 2.44 bits per heavy atom. The maximum atomic E-state index is 13.4. The highest BCUT2D eigenvalue weighted by molar-refractivity contribution is 5.91. The molecule has 0 aliphatic rings. The first-order valence-corrected chi connectivity index (χ1v) is 8.81. The highest BCUT2D eigenvalue weighted by Gasteiger charge is 2.18. The molecule has 0 fully saturated rings. The van der Waals surface area contributed by atoms with Gasteiger partial charge >= 0.3 is 0 Å². The molecule has 25 heavy (non-hydrogen) atoms. The lowest BCUT2D eigenvalue weighted by Crippen LogP contribution is -2.30. The molecule has 0 N–H and O–H groups in total. The molecule has 1 aromatic heterocycles. The maximum absolute atomic E-state index is 13.4. The fourth-order valence-corrected chi connectivity index (χ4v) is 2.74. The summed E-state index contributed by atoms with van der Waals surface area (Å²) in [6.07, 6.45) is 0. The third-order valence-corrected chi connectivity index (χ3v) is 4.29. The van der Waals surface area contributed by atoms with Crippen molar-refractivity contribution in [1.82, 2.24) is 9.80 Å². The number of nitrogens with zero attached hydrogens (tertiary/aromatic N) is 2. The van der Waals surface area contributed by atoms with Gasteiger partial charge in [0.25, 0.3) is 5.91 Å². The lowest BCUT2D eigenvalue weighted by atomic mass is 10.2. The molecule has 0 spiro atoms. The minimum absolute atomic E-state index is 0.0857. The van der Waals surface area contributed by atoms with Crippen molar-refractivity contribution in [2.45, 2.75) is 46.8 Å². The Morgan fingerprint density at radius 2 is 1.84 bits per heavy atom. The Balaban J connectivity index is 2.09. The van der Waals surface area contributed by atoms with Crippen LogP contribution >= 0.6 is 0 Å². The second-order valence-electron chi connectivity index (χ2n) is 6.37. The zero-order chi connectivity index (χ0) is 18.4. The van der Waals surface area contributed by atoms with E-state index in [0.717, 1.165) is 11.3 Å². The van der Waals surface area contributed by atoms with Gasteiger partial charge in [-0.25, -0.2) is 4.39 Å². The second-order valence-corrected chi connectivity index (χ2v) is 6.37. The minimum Gasteiger partial charge on any atom is -0.455 e. The molecule has 0 aliphatic heterocycles. The van der Waals surface area contributed by atoms with Crippen molar-refractivity contribution in [3.05, 3.63) is 59.3 Å². The Hall–Kier alpha value is -2.14. The monoisotopic (exact) mass is 346 g/mol. The van der Waals surface area contributed by atoms with Gasteiger partial charge in [0.15, 0.2) is 5.76 Å². The van der Waals surface area contributed by atoms with E-state index in [1.807, 2.05) is 26.0 Å². The fraction of sp³-hybridized carbons (Fsp3) is 0.450. The molecule has 0 unspecified atom stereocenters. The van der Waals surface area contributed by atoms with Crippen molar-refractivity contribution in [3.63, 3.8) is 0 Å². The third kappa shape index (κ3) is 5.16. The second kappa shape index (κ2) is 8.81. The number of carbonyl (C=O) groups is 1. The first-order valence-electron chi connectivity index (χ1n) is 8.81. The number of furan rings is 1. The fourth-order valence-electron chi connectivity index (χ4n) is 2.74. The average molecular weight is 346 g/mol. The van der Waals surface area contributed by atoms with E-state index in [4.69, 9.17) is 4.42 Å². The van der Waals surface area contributed by atoms with Crippen molar-refractivity contribution >= 4 is 5.91 Å². The van der Waals surface area contributed by atoms with Gasteiger partial charge in [-0.15, -0.1) is 0 Å². The number of halogens is 1. The van der Waals surface area contributed by atoms with Crippen LogP contribution in [0.5, 0.6) is 0 Å². The van der Waals surface area contributed by atoms with Crippen LogP contribution in [-0.2, 0) is 13.1 Å². The molecule has 0 bridgehead atoms. The van der Waals surface area contributed by atoms with E-state index in [0.29, 0.717) is 31.9 Å². The van der Waals surface area contributed by atoms with Gasteiger partial charge in [0, 0.05) is 25.7 Å². The summed E-state index contributed by atoms with van der Waals surface area (Å²) in [6.45, 7) is 10.6. The van der Waals surface area contributed by atoms with Crippen molar-refractivity contribution in [1.29, 1.82) is 0 Å². The maximum Gasteiger partial charge on any atom is 0.289 e. The molecule has 0 aliphatic carbocycles. The minimum atomic E-state index is -0.230. The van der Waals surface area contributed by atoms with E-state index >= 15 is 0 Å². The molecule has 1 aromatic carbocycles. The molecule has 4 nitrogen and oxygen atoms in total. The number of hydrogen-bond acceptors (Lipinski definition) is 3. The number of benzene rings is 1. The van der Waals surface area contributed by atoms with Crippen LogP contribution in [0.1, 0.15) is 49.6 Å². The lowest BCUT2D eigenvalue weighted by Gasteiger charge is -2.25.